The Balaban J connectivity index is 0. The summed E-state index contributed by atoms with van der Waals surface area (Å²) < 4.78 is 4.49. The van der Waals surface area contributed by atoms with Crippen molar-refractivity contribution in [1.82, 2.24) is 0 Å². The van der Waals surface area contributed by atoms with Crippen molar-refractivity contribution in [3.05, 3.63) is 0 Å². The first-order chi connectivity index (χ1) is 7.56. The van der Waals surface area contributed by atoms with Crippen molar-refractivity contribution < 1.29 is 19.9 Å². The van der Waals surface area contributed by atoms with Crippen LogP contribution in [0.25, 0.3) is 0 Å². The molecule has 7 heteroatoms. The van der Waals surface area contributed by atoms with Crippen molar-refractivity contribution in [2.75, 3.05) is 5.88 Å². The molecule has 0 saturated heterocycles. The highest BCUT2D eigenvalue weighted by molar-refractivity contribution is 6.17. The Morgan fingerprint density at radius 3 is 1.88 bits per heavy atom. The number of hydrogen-bond acceptors (Lipinski definition) is 5. The maximum absolute atomic E-state index is 9.10. The molecule has 0 rings (SSSR count). The van der Waals surface area contributed by atoms with Gasteiger partial charge in [0.1, 0.15) is 0 Å². The molecule has 0 aromatic carbocycles. The maximum atomic E-state index is 9.10. The molecule has 0 aromatic rings. The lowest BCUT2D eigenvalue weighted by Crippen LogP contribution is -2.44. The van der Waals surface area contributed by atoms with Gasteiger partial charge in [0.25, 0.3) is 0 Å². The predicted octanol–water partition coefficient (Wildman–Crippen LogP) is 0.361. The molecule has 0 fully saturated rings. The standard InChI is InChI=1S/C6H14O2.C4H10BClNO2/c1-5(2,7)6(3,4)8;6-3-1-2-4(7)9-5-8/h7-8H,1-4H3;4,8H,1-3,7H2. The summed E-state index contributed by atoms with van der Waals surface area (Å²) in [5.41, 5.74) is 3.28. The van der Waals surface area contributed by atoms with E-state index in [0.717, 1.165) is 6.42 Å². The van der Waals surface area contributed by atoms with Gasteiger partial charge < -0.3 is 25.6 Å². The smallest absolute Gasteiger partial charge is 0.429 e. The minimum atomic E-state index is -1.01. The van der Waals surface area contributed by atoms with Gasteiger partial charge in [-0.05, 0) is 40.5 Å². The lowest BCUT2D eigenvalue weighted by molar-refractivity contribution is -0.107. The summed E-state index contributed by atoms with van der Waals surface area (Å²) in [5, 5.41) is 26.3. The van der Waals surface area contributed by atoms with Crippen LogP contribution in [-0.4, -0.2) is 46.2 Å². The molecule has 5 N–H and O–H groups in total. The van der Waals surface area contributed by atoms with Crippen LogP contribution in [-0.2, 0) is 4.65 Å². The first-order valence-electron chi connectivity index (χ1n) is 5.44. The topological polar surface area (TPSA) is 95.9 Å². The van der Waals surface area contributed by atoms with Crippen LogP contribution >= 0.6 is 11.6 Å². The third kappa shape index (κ3) is 12.4. The Kier molecular flexibility index (Phi) is 10.5. The molecule has 0 aliphatic heterocycles. The first-order valence-corrected chi connectivity index (χ1v) is 5.97. The van der Waals surface area contributed by atoms with Crippen LogP contribution in [0.5, 0.6) is 0 Å². The minimum absolute atomic E-state index is 0.422. The van der Waals surface area contributed by atoms with Gasteiger partial charge in [0.05, 0.1) is 17.4 Å². The van der Waals surface area contributed by atoms with E-state index in [1.54, 1.807) is 27.7 Å². The van der Waals surface area contributed by atoms with E-state index in [1.807, 2.05) is 0 Å². The van der Waals surface area contributed by atoms with E-state index < -0.39 is 17.4 Å². The molecule has 0 amide bonds. The van der Waals surface area contributed by atoms with Gasteiger partial charge in [0.2, 0.25) is 0 Å². The average molecular weight is 269 g/mol. The zero-order chi connectivity index (χ0) is 14.1. The van der Waals surface area contributed by atoms with Crippen molar-refractivity contribution in [2.24, 2.45) is 5.73 Å². The van der Waals surface area contributed by atoms with E-state index in [4.69, 9.17) is 32.6 Å². The lowest BCUT2D eigenvalue weighted by Gasteiger charge is -2.31. The second-order valence-electron chi connectivity index (χ2n) is 4.73. The molecule has 1 radical (unpaired) electrons. The molecule has 0 heterocycles. The summed E-state index contributed by atoms with van der Waals surface area (Å²) in [7, 11) is 0.596. The monoisotopic (exact) mass is 268 g/mol. The largest absolute Gasteiger partial charge is 0.486 e. The Hall–Kier alpha value is 0.155. The van der Waals surface area contributed by atoms with Crippen molar-refractivity contribution in [3.8, 4) is 0 Å². The number of hydrogen-bond donors (Lipinski definition) is 4. The molecule has 1 unspecified atom stereocenters. The first kappa shape index (κ1) is 19.5. The van der Waals surface area contributed by atoms with Crippen LogP contribution < -0.4 is 5.73 Å². The van der Waals surface area contributed by atoms with E-state index in [1.165, 1.54) is 0 Å². The molecule has 5 nitrogen and oxygen atoms in total. The van der Waals surface area contributed by atoms with Crippen LogP contribution in [0.2, 0.25) is 0 Å². The van der Waals surface area contributed by atoms with E-state index in [-0.39, 0.29) is 0 Å². The molecule has 0 aliphatic rings. The lowest BCUT2D eigenvalue weighted by atomic mass is 9.90. The van der Waals surface area contributed by atoms with Gasteiger partial charge in [-0.25, -0.2) is 0 Å². The fourth-order valence-corrected chi connectivity index (χ4v) is 0.579. The predicted molar refractivity (Wildman–Crippen MR) is 69.6 cm³/mol. The van der Waals surface area contributed by atoms with Gasteiger partial charge in [-0.2, -0.15) is 0 Å². The van der Waals surface area contributed by atoms with Crippen molar-refractivity contribution in [3.63, 3.8) is 0 Å². The van der Waals surface area contributed by atoms with Gasteiger partial charge >= 0.3 is 7.69 Å². The molecular formula is C10H24BClNO4. The highest BCUT2D eigenvalue weighted by Gasteiger charge is 2.31. The number of alkyl halides is 1. The summed E-state index contributed by atoms with van der Waals surface area (Å²) in [6.45, 7) is 6.31. The fraction of sp³-hybridized carbons (Fsp3) is 1.00. The number of nitrogens with two attached hydrogens (primary N) is 1. The van der Waals surface area contributed by atoms with Gasteiger partial charge in [0, 0.05) is 5.88 Å². The molecule has 0 aliphatic carbocycles. The maximum Gasteiger partial charge on any atom is 0.486 e. The normalized spacial score (nSPS) is 13.7. The summed E-state index contributed by atoms with van der Waals surface area (Å²) in [4.78, 5) is 0. The Labute approximate surface area is 109 Å². The van der Waals surface area contributed by atoms with E-state index in [9.17, 15) is 0 Å². The molecule has 0 bridgehead atoms. The van der Waals surface area contributed by atoms with Gasteiger partial charge in [-0.15, -0.1) is 11.6 Å². The number of aliphatic hydroxyl groups is 2. The minimum Gasteiger partial charge on any atom is -0.429 e. The second-order valence-corrected chi connectivity index (χ2v) is 5.11. The van der Waals surface area contributed by atoms with Crippen molar-refractivity contribution >= 4 is 19.3 Å². The van der Waals surface area contributed by atoms with E-state index in [0.29, 0.717) is 20.0 Å². The quantitative estimate of drug-likeness (QED) is 0.317. The molecule has 17 heavy (non-hydrogen) atoms. The number of halogens is 1. The molecule has 1 atom stereocenters. The molecule has 0 saturated carbocycles. The van der Waals surface area contributed by atoms with Crippen molar-refractivity contribution in [1.29, 1.82) is 0 Å². The second kappa shape index (κ2) is 9.13. The summed E-state index contributed by atoms with van der Waals surface area (Å²) in [5.74, 6) is 0.572. The summed E-state index contributed by atoms with van der Waals surface area (Å²) >= 11 is 5.36. The fourth-order valence-electron chi connectivity index (χ4n) is 0.425. The van der Waals surface area contributed by atoms with Crippen LogP contribution in [0.4, 0.5) is 0 Å². The molecule has 103 valence electrons. The van der Waals surface area contributed by atoms with Crippen LogP contribution in [0, 0.1) is 0 Å². The third-order valence-corrected chi connectivity index (χ3v) is 2.62. The van der Waals surface area contributed by atoms with Gasteiger partial charge in [0.15, 0.2) is 0 Å². The van der Waals surface area contributed by atoms with Crippen LogP contribution in [0.1, 0.15) is 40.5 Å². The van der Waals surface area contributed by atoms with Gasteiger partial charge in [-0.3, -0.25) is 0 Å². The zero-order valence-corrected chi connectivity index (χ0v) is 11.7. The van der Waals surface area contributed by atoms with Gasteiger partial charge in [-0.1, -0.05) is 0 Å². The van der Waals surface area contributed by atoms with Crippen LogP contribution in [0.15, 0.2) is 0 Å². The third-order valence-electron chi connectivity index (χ3n) is 2.36. The number of rotatable bonds is 6. The molecular weight excluding hydrogens is 244 g/mol. The Morgan fingerprint density at radius 1 is 1.24 bits per heavy atom. The summed E-state index contributed by atoms with van der Waals surface area (Å²) in [6.07, 6.45) is 1.05. The highest BCUT2D eigenvalue weighted by Crippen LogP contribution is 2.19. The molecule has 0 aromatic heterocycles. The average Bonchev–Trinajstić information content (AvgIpc) is 2.13. The summed E-state index contributed by atoms with van der Waals surface area (Å²) in [6, 6.07) is 0. The molecule has 0 spiro atoms. The van der Waals surface area contributed by atoms with E-state index in [2.05, 4.69) is 4.65 Å². The Morgan fingerprint density at radius 2 is 1.65 bits per heavy atom. The zero-order valence-electron chi connectivity index (χ0n) is 11.0. The van der Waals surface area contributed by atoms with Crippen molar-refractivity contribution in [2.45, 2.75) is 58.0 Å². The van der Waals surface area contributed by atoms with Crippen LogP contribution in [0.3, 0.4) is 0 Å². The Bertz CT molecular complexity index is 170. The highest BCUT2D eigenvalue weighted by atomic mass is 35.5. The van der Waals surface area contributed by atoms with E-state index >= 15 is 0 Å². The SMILES string of the molecule is CC(C)(O)C(C)(C)O.NC(CCCCl)O[B]O.